The van der Waals surface area contributed by atoms with Crippen molar-refractivity contribution in [3.8, 4) is 0 Å². The third kappa shape index (κ3) is 5.84. The van der Waals surface area contributed by atoms with Crippen LogP contribution in [-0.4, -0.2) is 67.7 Å². The van der Waals surface area contributed by atoms with Crippen molar-refractivity contribution in [2.75, 3.05) is 39.3 Å². The van der Waals surface area contributed by atoms with Gasteiger partial charge >= 0.3 is 0 Å². The highest BCUT2D eigenvalue weighted by molar-refractivity contribution is 7.89. The normalized spacial score (nSPS) is 15.5. The van der Waals surface area contributed by atoms with Crippen LogP contribution in [0.3, 0.4) is 0 Å². The van der Waals surface area contributed by atoms with Crippen molar-refractivity contribution in [1.82, 2.24) is 14.5 Å². The van der Waals surface area contributed by atoms with Gasteiger partial charge in [-0.05, 0) is 30.2 Å². The third-order valence-electron chi connectivity index (χ3n) is 5.03. The van der Waals surface area contributed by atoms with Gasteiger partial charge in [-0.15, -0.1) is 0 Å². The van der Waals surface area contributed by atoms with E-state index in [2.05, 4.69) is 5.32 Å². The van der Waals surface area contributed by atoms with E-state index in [1.807, 2.05) is 4.90 Å². The van der Waals surface area contributed by atoms with E-state index in [0.717, 1.165) is 5.56 Å². The smallest absolute Gasteiger partial charge is 0.289 e. The number of para-hydroxylation sites is 1. The lowest BCUT2D eigenvalue weighted by atomic mass is 10.1. The Kier molecular flexibility index (Phi) is 7.31. The van der Waals surface area contributed by atoms with E-state index in [1.54, 1.807) is 12.1 Å². The molecule has 11 heteroatoms. The van der Waals surface area contributed by atoms with Crippen molar-refractivity contribution >= 4 is 21.6 Å². The molecule has 166 valence electrons. The molecule has 2 aromatic carbocycles. The molecule has 0 radical (unpaired) electrons. The summed E-state index contributed by atoms with van der Waals surface area (Å²) in [6.07, 6.45) is 0.577. The van der Waals surface area contributed by atoms with Crippen LogP contribution in [-0.2, 0) is 21.2 Å². The summed E-state index contributed by atoms with van der Waals surface area (Å²) in [5.41, 5.74) is 0.459. The fourth-order valence-corrected chi connectivity index (χ4v) is 4.93. The topological polar surface area (TPSA) is 113 Å². The van der Waals surface area contributed by atoms with Gasteiger partial charge in [0.1, 0.15) is 5.82 Å². The minimum atomic E-state index is -4.00. The van der Waals surface area contributed by atoms with E-state index in [-0.39, 0.29) is 36.3 Å². The second kappa shape index (κ2) is 9.94. The second-order valence-corrected chi connectivity index (χ2v) is 9.04. The summed E-state index contributed by atoms with van der Waals surface area (Å²) in [6, 6.07) is 11.3. The molecule has 0 saturated carbocycles. The molecule has 0 bridgehead atoms. The molecule has 1 amide bonds. The Bertz CT molecular complexity index is 1040. The van der Waals surface area contributed by atoms with Crippen molar-refractivity contribution in [2.45, 2.75) is 11.3 Å². The van der Waals surface area contributed by atoms with Gasteiger partial charge in [-0.3, -0.25) is 19.8 Å². The van der Waals surface area contributed by atoms with Crippen LogP contribution in [0.4, 0.5) is 10.1 Å². The van der Waals surface area contributed by atoms with Crippen molar-refractivity contribution < 1.29 is 22.5 Å². The molecule has 1 aliphatic rings. The number of piperazine rings is 1. The van der Waals surface area contributed by atoms with Gasteiger partial charge in [-0.2, -0.15) is 4.31 Å². The summed E-state index contributed by atoms with van der Waals surface area (Å²) < 4.78 is 39.8. The quantitative estimate of drug-likeness (QED) is 0.481. The molecule has 0 unspecified atom stereocenters. The molecular formula is C20H23FN4O5S. The summed E-state index contributed by atoms with van der Waals surface area (Å²) >= 11 is 0. The zero-order valence-corrected chi connectivity index (χ0v) is 17.6. The Morgan fingerprint density at radius 3 is 2.35 bits per heavy atom. The van der Waals surface area contributed by atoms with Gasteiger partial charge < -0.3 is 5.32 Å². The van der Waals surface area contributed by atoms with Gasteiger partial charge in [0.25, 0.3) is 5.69 Å². The first kappa shape index (κ1) is 22.8. The molecule has 1 heterocycles. The molecule has 1 saturated heterocycles. The van der Waals surface area contributed by atoms with Crippen LogP contribution in [0.1, 0.15) is 5.56 Å². The number of hydrogen-bond acceptors (Lipinski definition) is 6. The number of amides is 1. The molecule has 0 aliphatic carbocycles. The second-order valence-electron chi connectivity index (χ2n) is 7.13. The molecule has 9 nitrogen and oxygen atoms in total. The molecule has 0 atom stereocenters. The number of halogens is 1. The van der Waals surface area contributed by atoms with Crippen LogP contribution in [0.15, 0.2) is 53.4 Å². The highest BCUT2D eigenvalue weighted by Crippen LogP contribution is 2.26. The number of nitro benzene ring substituents is 1. The third-order valence-corrected chi connectivity index (χ3v) is 6.97. The van der Waals surface area contributed by atoms with Crippen LogP contribution in [0.25, 0.3) is 0 Å². The van der Waals surface area contributed by atoms with Crippen molar-refractivity contribution in [3.63, 3.8) is 0 Å². The zero-order chi connectivity index (χ0) is 22.4. The lowest BCUT2D eigenvalue weighted by molar-refractivity contribution is -0.387. The predicted octanol–water partition coefficient (Wildman–Crippen LogP) is 1.40. The highest BCUT2D eigenvalue weighted by atomic mass is 32.2. The van der Waals surface area contributed by atoms with Gasteiger partial charge in [0.05, 0.1) is 11.5 Å². The summed E-state index contributed by atoms with van der Waals surface area (Å²) in [7, 11) is -4.00. The Morgan fingerprint density at radius 1 is 1.06 bits per heavy atom. The molecule has 3 rings (SSSR count). The maximum atomic E-state index is 12.9. The van der Waals surface area contributed by atoms with Gasteiger partial charge in [0, 0.05) is 38.8 Å². The lowest BCUT2D eigenvalue weighted by Gasteiger charge is -2.33. The lowest BCUT2D eigenvalue weighted by Crippen LogP contribution is -2.51. The number of benzene rings is 2. The number of sulfonamides is 1. The molecular weight excluding hydrogens is 427 g/mol. The van der Waals surface area contributed by atoms with E-state index in [1.165, 1.54) is 40.7 Å². The van der Waals surface area contributed by atoms with Gasteiger partial charge in [-0.1, -0.05) is 24.3 Å². The van der Waals surface area contributed by atoms with E-state index >= 15 is 0 Å². The highest BCUT2D eigenvalue weighted by Gasteiger charge is 2.33. The van der Waals surface area contributed by atoms with E-state index in [0.29, 0.717) is 26.1 Å². The SMILES string of the molecule is O=C(CN1CCN(S(=O)(=O)c2ccccc2[N+](=O)[O-])CC1)NCCc1ccc(F)cc1. The Morgan fingerprint density at radius 2 is 1.71 bits per heavy atom. The fraction of sp³-hybridized carbons (Fsp3) is 0.350. The average molecular weight is 450 g/mol. The molecule has 1 fully saturated rings. The summed E-state index contributed by atoms with van der Waals surface area (Å²) in [5, 5.41) is 14.0. The number of carbonyl (C=O) groups excluding carboxylic acids is 1. The van der Waals surface area contributed by atoms with E-state index < -0.39 is 20.6 Å². The van der Waals surface area contributed by atoms with Crippen LogP contribution in [0.5, 0.6) is 0 Å². The van der Waals surface area contributed by atoms with Crippen molar-refractivity contribution in [1.29, 1.82) is 0 Å². The fourth-order valence-electron chi connectivity index (χ4n) is 3.35. The molecule has 1 aliphatic heterocycles. The molecule has 31 heavy (non-hydrogen) atoms. The average Bonchev–Trinajstić information content (AvgIpc) is 2.75. The summed E-state index contributed by atoms with van der Waals surface area (Å²) in [4.78, 5) is 24.1. The largest absolute Gasteiger partial charge is 0.355 e. The van der Waals surface area contributed by atoms with Crippen LogP contribution in [0.2, 0.25) is 0 Å². The molecule has 1 N–H and O–H groups in total. The molecule has 0 spiro atoms. The van der Waals surface area contributed by atoms with Crippen molar-refractivity contribution in [2.24, 2.45) is 0 Å². The van der Waals surface area contributed by atoms with Crippen molar-refractivity contribution in [3.05, 3.63) is 70.0 Å². The van der Waals surface area contributed by atoms with Crippen LogP contribution >= 0.6 is 0 Å². The first-order chi connectivity index (χ1) is 14.8. The number of nitro groups is 1. The minimum absolute atomic E-state index is 0.128. The van der Waals surface area contributed by atoms with E-state index in [9.17, 15) is 27.7 Å². The van der Waals surface area contributed by atoms with Gasteiger partial charge in [0.2, 0.25) is 15.9 Å². The number of hydrogen-bond donors (Lipinski definition) is 1. The van der Waals surface area contributed by atoms with Crippen LogP contribution in [0, 0.1) is 15.9 Å². The standard InChI is InChI=1S/C20H23FN4O5S/c21-17-7-5-16(6-8-17)9-10-22-20(26)15-23-11-13-24(14-12-23)31(29,30)19-4-2-1-3-18(19)25(27)28/h1-8H,9-15H2,(H,22,26). The van der Waals surface area contributed by atoms with Gasteiger partial charge in [-0.25, -0.2) is 12.8 Å². The first-order valence-electron chi connectivity index (χ1n) is 9.74. The maximum absolute atomic E-state index is 12.9. The first-order valence-corrected chi connectivity index (χ1v) is 11.2. The van der Waals surface area contributed by atoms with E-state index in [4.69, 9.17) is 0 Å². The monoisotopic (exact) mass is 450 g/mol. The number of nitrogens with one attached hydrogen (secondary N) is 1. The number of rotatable bonds is 8. The summed E-state index contributed by atoms with van der Waals surface area (Å²) in [5.74, 6) is -0.493. The Hall–Kier alpha value is -2.89. The minimum Gasteiger partial charge on any atom is -0.355 e. The predicted molar refractivity (Wildman–Crippen MR) is 111 cm³/mol. The van der Waals surface area contributed by atoms with Gasteiger partial charge in [0.15, 0.2) is 4.90 Å². The molecule has 0 aromatic heterocycles. The maximum Gasteiger partial charge on any atom is 0.289 e. The number of carbonyl (C=O) groups is 1. The Balaban J connectivity index is 1.48. The summed E-state index contributed by atoms with van der Waals surface area (Å²) in [6.45, 7) is 1.49. The number of nitrogens with zero attached hydrogens (tertiary/aromatic N) is 3. The molecule has 2 aromatic rings. The Labute approximate surface area is 179 Å². The van der Waals surface area contributed by atoms with Crippen LogP contribution < -0.4 is 5.32 Å². The zero-order valence-electron chi connectivity index (χ0n) is 16.7.